The van der Waals surface area contributed by atoms with Gasteiger partial charge in [0.15, 0.2) is 0 Å². The lowest BCUT2D eigenvalue weighted by Crippen LogP contribution is -2.37. The zero-order chi connectivity index (χ0) is 20.3. The highest BCUT2D eigenvalue weighted by Gasteiger charge is 2.30. The fourth-order valence-electron chi connectivity index (χ4n) is 3.03. The quantitative estimate of drug-likeness (QED) is 0.633. The van der Waals surface area contributed by atoms with Crippen LogP contribution in [0, 0.1) is 0 Å². The van der Waals surface area contributed by atoms with Crippen LogP contribution < -0.4 is 19.6 Å². The molecule has 3 rings (SSSR count). The van der Waals surface area contributed by atoms with E-state index < -0.39 is 5.97 Å². The van der Waals surface area contributed by atoms with Gasteiger partial charge in [0, 0.05) is 25.5 Å². The molecule has 0 aromatic heterocycles. The first-order valence-corrected chi connectivity index (χ1v) is 8.72. The smallest absolute Gasteiger partial charge is 0.308 e. The summed E-state index contributed by atoms with van der Waals surface area (Å²) in [5.74, 6) is 1.07. The largest absolute Gasteiger partial charge is 0.497 e. The van der Waals surface area contributed by atoms with Crippen LogP contribution in [0.25, 0.3) is 5.70 Å². The van der Waals surface area contributed by atoms with E-state index in [2.05, 4.69) is 5.43 Å². The Hall–Kier alpha value is -3.48. The number of nitrogens with zero attached hydrogens (tertiary/aromatic N) is 1. The van der Waals surface area contributed by atoms with Gasteiger partial charge in [0.05, 0.1) is 26.0 Å². The minimum absolute atomic E-state index is 0.144. The molecule has 0 bridgehead atoms. The number of methoxy groups -OCH3 is 2. The zero-order valence-corrected chi connectivity index (χ0v) is 16.2. The van der Waals surface area contributed by atoms with Crippen molar-refractivity contribution in [1.29, 1.82) is 0 Å². The maximum atomic E-state index is 12.2. The minimum Gasteiger partial charge on any atom is -0.497 e. The highest BCUT2D eigenvalue weighted by Crippen LogP contribution is 2.36. The van der Waals surface area contributed by atoms with Crippen LogP contribution in [0.3, 0.4) is 0 Å². The highest BCUT2D eigenvalue weighted by molar-refractivity contribution is 5.81. The molecule has 1 amide bonds. The van der Waals surface area contributed by atoms with Crippen LogP contribution in [0.1, 0.15) is 31.0 Å². The second-order valence-corrected chi connectivity index (χ2v) is 6.25. The molecule has 0 spiro atoms. The van der Waals surface area contributed by atoms with E-state index in [4.69, 9.17) is 14.2 Å². The van der Waals surface area contributed by atoms with Crippen LogP contribution in [-0.2, 0) is 9.59 Å². The summed E-state index contributed by atoms with van der Waals surface area (Å²) in [7, 11) is 3.14. The number of benzene rings is 2. The van der Waals surface area contributed by atoms with Gasteiger partial charge < -0.3 is 14.2 Å². The third-order valence-electron chi connectivity index (χ3n) is 4.37. The van der Waals surface area contributed by atoms with E-state index >= 15 is 0 Å². The molecule has 1 heterocycles. The summed E-state index contributed by atoms with van der Waals surface area (Å²) in [6.07, 6.45) is 1.91. The molecule has 0 fully saturated rings. The summed E-state index contributed by atoms with van der Waals surface area (Å²) in [6, 6.07) is 12.4. The predicted molar refractivity (Wildman–Crippen MR) is 104 cm³/mol. The number of amides is 1. The fourth-order valence-corrected chi connectivity index (χ4v) is 3.03. The zero-order valence-electron chi connectivity index (χ0n) is 16.2. The summed E-state index contributed by atoms with van der Waals surface area (Å²) >= 11 is 0. The molecular formula is C21H22N2O5. The van der Waals surface area contributed by atoms with Crippen molar-refractivity contribution in [2.75, 3.05) is 14.2 Å². The van der Waals surface area contributed by atoms with Gasteiger partial charge in [-0.1, -0.05) is 12.1 Å². The Morgan fingerprint density at radius 1 is 0.964 bits per heavy atom. The molecule has 1 N–H and O–H groups in total. The van der Waals surface area contributed by atoms with Crippen LogP contribution in [0.2, 0.25) is 0 Å². The van der Waals surface area contributed by atoms with E-state index in [9.17, 15) is 9.59 Å². The molecule has 0 saturated carbocycles. The molecule has 7 nitrogen and oxygen atoms in total. The number of carbonyl (C=O) groups is 2. The molecule has 28 heavy (non-hydrogen) atoms. The molecule has 2 aromatic carbocycles. The van der Waals surface area contributed by atoms with Gasteiger partial charge in [0.25, 0.3) is 0 Å². The lowest BCUT2D eigenvalue weighted by atomic mass is 10.0. The summed E-state index contributed by atoms with van der Waals surface area (Å²) in [4.78, 5) is 23.7. The first kappa shape index (κ1) is 19.3. The molecule has 1 aliphatic heterocycles. The average Bonchev–Trinajstić information content (AvgIpc) is 3.13. The molecule has 2 aromatic rings. The maximum absolute atomic E-state index is 12.2. The molecule has 0 saturated heterocycles. The number of hydrogen-bond acceptors (Lipinski definition) is 6. The van der Waals surface area contributed by atoms with Gasteiger partial charge in [-0.3, -0.25) is 15.0 Å². The molecule has 7 heteroatoms. The van der Waals surface area contributed by atoms with Crippen LogP contribution in [0.5, 0.6) is 17.2 Å². The van der Waals surface area contributed by atoms with Crippen molar-refractivity contribution in [3.05, 3.63) is 59.7 Å². The molecule has 1 atom stereocenters. The first-order chi connectivity index (χ1) is 13.4. The molecule has 0 aliphatic carbocycles. The predicted octanol–water partition coefficient (Wildman–Crippen LogP) is 3.08. The monoisotopic (exact) mass is 382 g/mol. The van der Waals surface area contributed by atoms with E-state index in [1.54, 1.807) is 25.3 Å². The Labute approximate surface area is 163 Å². The molecular weight excluding hydrogens is 360 g/mol. The Morgan fingerprint density at radius 2 is 1.61 bits per heavy atom. The minimum atomic E-state index is -0.441. The maximum Gasteiger partial charge on any atom is 0.308 e. The number of ether oxygens (including phenoxy) is 3. The van der Waals surface area contributed by atoms with Gasteiger partial charge in [-0.05, 0) is 35.9 Å². The number of carbonyl (C=O) groups excluding carboxylic acids is 2. The number of rotatable bonds is 5. The Balaban J connectivity index is 2.01. The summed E-state index contributed by atoms with van der Waals surface area (Å²) < 4.78 is 15.8. The van der Waals surface area contributed by atoms with E-state index in [-0.39, 0.29) is 11.9 Å². The average molecular weight is 382 g/mol. The van der Waals surface area contributed by atoms with Crippen molar-refractivity contribution in [1.82, 2.24) is 10.4 Å². The van der Waals surface area contributed by atoms with Gasteiger partial charge in [-0.15, -0.1) is 0 Å². The van der Waals surface area contributed by atoms with E-state index in [1.807, 2.05) is 30.3 Å². The molecule has 1 aliphatic rings. The van der Waals surface area contributed by atoms with Crippen molar-refractivity contribution >= 4 is 17.6 Å². The van der Waals surface area contributed by atoms with E-state index in [1.165, 1.54) is 26.0 Å². The van der Waals surface area contributed by atoms with Crippen LogP contribution in [0.4, 0.5) is 0 Å². The summed E-state index contributed by atoms with van der Waals surface area (Å²) in [5.41, 5.74) is 5.35. The van der Waals surface area contributed by atoms with Gasteiger partial charge in [-0.2, -0.15) is 0 Å². The molecule has 0 radical (unpaired) electrons. The Morgan fingerprint density at radius 3 is 2.18 bits per heavy atom. The standard InChI is InChI=1S/C21H22N2O5/c1-13(24)23-20(15-5-7-16(26-3)8-6-15)12-19(22-23)18-10-9-17(27-4)11-21(18)28-14(2)25/h5-12,20,22H,1-4H3/t20-/m1/s1. The van der Waals surface area contributed by atoms with Crippen molar-refractivity contribution in [3.8, 4) is 17.2 Å². The lowest BCUT2D eigenvalue weighted by Gasteiger charge is -2.24. The summed E-state index contributed by atoms with van der Waals surface area (Å²) in [6.45, 7) is 2.82. The normalized spacial score (nSPS) is 15.5. The SMILES string of the molecule is COc1ccc([C@H]2C=C(c3ccc(OC)cc3OC(C)=O)NN2C(C)=O)cc1. The Bertz CT molecular complexity index is 921. The lowest BCUT2D eigenvalue weighted by molar-refractivity contribution is -0.133. The fraction of sp³-hybridized carbons (Fsp3) is 0.238. The van der Waals surface area contributed by atoms with Crippen LogP contribution >= 0.6 is 0 Å². The van der Waals surface area contributed by atoms with Crippen molar-refractivity contribution in [3.63, 3.8) is 0 Å². The van der Waals surface area contributed by atoms with E-state index in [0.29, 0.717) is 22.8 Å². The van der Waals surface area contributed by atoms with Gasteiger partial charge in [-0.25, -0.2) is 5.01 Å². The van der Waals surface area contributed by atoms with Gasteiger partial charge >= 0.3 is 5.97 Å². The number of nitrogens with one attached hydrogen (secondary N) is 1. The van der Waals surface area contributed by atoms with Crippen LogP contribution in [-0.4, -0.2) is 31.1 Å². The highest BCUT2D eigenvalue weighted by atomic mass is 16.5. The first-order valence-electron chi connectivity index (χ1n) is 8.72. The molecule has 146 valence electrons. The second kappa shape index (κ2) is 8.04. The van der Waals surface area contributed by atoms with Crippen molar-refractivity contribution in [2.24, 2.45) is 0 Å². The van der Waals surface area contributed by atoms with E-state index in [0.717, 1.165) is 11.3 Å². The third kappa shape index (κ3) is 3.93. The van der Waals surface area contributed by atoms with Crippen LogP contribution in [0.15, 0.2) is 48.5 Å². The third-order valence-corrected chi connectivity index (χ3v) is 4.37. The molecule has 0 unspecified atom stereocenters. The number of esters is 1. The van der Waals surface area contributed by atoms with Crippen molar-refractivity contribution < 1.29 is 23.8 Å². The number of hydrogen-bond donors (Lipinski definition) is 1. The van der Waals surface area contributed by atoms with Gasteiger partial charge in [0.2, 0.25) is 5.91 Å². The van der Waals surface area contributed by atoms with Gasteiger partial charge in [0.1, 0.15) is 17.2 Å². The number of hydrazine groups is 1. The van der Waals surface area contributed by atoms with Crippen molar-refractivity contribution in [2.45, 2.75) is 19.9 Å². The topological polar surface area (TPSA) is 77.1 Å². The second-order valence-electron chi connectivity index (χ2n) is 6.25. The summed E-state index contributed by atoms with van der Waals surface area (Å²) in [5, 5.41) is 1.53. The Kier molecular flexibility index (Phi) is 5.54.